The predicted octanol–water partition coefficient (Wildman–Crippen LogP) is 19.9. The van der Waals surface area contributed by atoms with Crippen molar-refractivity contribution in [1.82, 2.24) is 9.55 Å². The number of benzene rings is 11. The second-order valence-corrected chi connectivity index (χ2v) is 22.7. The van der Waals surface area contributed by atoms with Crippen molar-refractivity contribution in [2.45, 2.75) is 31.6 Å². The van der Waals surface area contributed by atoms with Gasteiger partial charge in [0.05, 0.1) is 33.5 Å². The number of anilines is 4. The summed E-state index contributed by atoms with van der Waals surface area (Å²) in [5, 5.41) is 2.30. The fourth-order valence-electron chi connectivity index (χ4n) is 13.2. The summed E-state index contributed by atoms with van der Waals surface area (Å²) in [6.45, 7) is 7.32. The quantitative estimate of drug-likeness (QED) is 0.137. The van der Waals surface area contributed by atoms with Gasteiger partial charge in [-0.1, -0.05) is 227 Å². The Labute approximate surface area is 479 Å². The minimum Gasteiger partial charge on any atom is -0.457 e. The Morgan fingerprint density at radius 3 is 1.59 bits per heavy atom. The van der Waals surface area contributed by atoms with Gasteiger partial charge < -0.3 is 14.5 Å². The van der Waals surface area contributed by atoms with Crippen molar-refractivity contribution in [3.63, 3.8) is 0 Å². The molecule has 2 aliphatic rings. The van der Waals surface area contributed by atoms with Crippen LogP contribution in [0.1, 0.15) is 48.6 Å². The molecule has 0 radical (unpaired) electrons. The highest BCUT2D eigenvalue weighted by Gasteiger charge is 2.47. The van der Waals surface area contributed by atoms with Crippen LogP contribution < -0.4 is 14.5 Å². The molecule has 1 aliphatic heterocycles. The Bertz CT molecular complexity index is 4460. The number of nitrogens with zero attached hydrogens (tertiary/aromatic N) is 4. The third kappa shape index (κ3) is 7.95. The topological polar surface area (TPSA) is 33.5 Å². The van der Waals surface area contributed by atoms with Crippen LogP contribution in [0.15, 0.2) is 285 Å². The monoisotopic (exact) mass is 1050 g/mol. The molecule has 11 aromatic carbocycles. The third-order valence-electron chi connectivity index (χ3n) is 16.9. The van der Waals surface area contributed by atoms with Gasteiger partial charge in [0.2, 0.25) is 0 Å². The highest BCUT2D eigenvalue weighted by atomic mass is 16.5. The standard InChI is InChI=1S/C77H58N4O/c1-76(2,3)56-44-45-78-73(48-56)81-72-50-60(42-43-64(72)65-37-23-36-61(75(65)81)52-24-8-4-9-25-52)82-59-33-22-32-58(49-59)79-51-80(71-41-21-20-40-70(71)79)74-66(53-26-10-5-11-27-53)46-57(47-67(74)54-28-12-6-13-29-54)77(55-30-14-7-15-31-55)68-38-18-16-34-62(68)63-35-17-19-39-69(63)77/h4-50H,51H2,1-3H3. The summed E-state index contributed by atoms with van der Waals surface area (Å²) in [4.78, 5) is 10.0. The molecule has 0 spiro atoms. The zero-order chi connectivity index (χ0) is 54.9. The first-order valence-electron chi connectivity index (χ1n) is 28.4. The molecule has 15 rings (SSSR count). The van der Waals surface area contributed by atoms with Crippen molar-refractivity contribution in [3.05, 3.63) is 313 Å². The number of hydrogen-bond donors (Lipinski definition) is 0. The van der Waals surface area contributed by atoms with E-state index < -0.39 is 5.41 Å². The number of para-hydroxylation sites is 3. The molecule has 0 atom stereocenters. The summed E-state index contributed by atoms with van der Waals surface area (Å²) < 4.78 is 9.33. The minimum atomic E-state index is -0.601. The third-order valence-corrected chi connectivity index (χ3v) is 16.9. The van der Waals surface area contributed by atoms with E-state index in [-0.39, 0.29) is 5.41 Å². The molecule has 5 nitrogen and oxygen atoms in total. The van der Waals surface area contributed by atoms with Crippen molar-refractivity contribution in [2.75, 3.05) is 16.5 Å². The van der Waals surface area contributed by atoms with Gasteiger partial charge >= 0.3 is 0 Å². The zero-order valence-corrected chi connectivity index (χ0v) is 46.0. The normalized spacial score (nSPS) is 13.3. The van der Waals surface area contributed by atoms with Gasteiger partial charge in [0, 0.05) is 51.5 Å². The van der Waals surface area contributed by atoms with Crippen LogP contribution in [0.3, 0.4) is 0 Å². The molecule has 5 heteroatoms. The average Bonchev–Trinajstić information content (AvgIpc) is 2.09. The summed E-state index contributed by atoms with van der Waals surface area (Å²) in [7, 11) is 0. The maximum atomic E-state index is 7.00. The molecule has 1 aliphatic carbocycles. The lowest BCUT2D eigenvalue weighted by Crippen LogP contribution is -2.29. The van der Waals surface area contributed by atoms with Crippen molar-refractivity contribution in [2.24, 2.45) is 0 Å². The van der Waals surface area contributed by atoms with Crippen molar-refractivity contribution in [1.29, 1.82) is 0 Å². The number of pyridine rings is 1. The maximum absolute atomic E-state index is 7.00. The van der Waals surface area contributed by atoms with E-state index in [2.05, 4.69) is 314 Å². The van der Waals surface area contributed by atoms with Gasteiger partial charge in [-0.05, 0) is 122 Å². The van der Waals surface area contributed by atoms with Gasteiger partial charge in [0.25, 0.3) is 0 Å². The van der Waals surface area contributed by atoms with Crippen molar-refractivity contribution in [3.8, 4) is 61.8 Å². The molecule has 0 saturated carbocycles. The number of hydrogen-bond acceptors (Lipinski definition) is 4. The van der Waals surface area contributed by atoms with Gasteiger partial charge in [0.15, 0.2) is 0 Å². The van der Waals surface area contributed by atoms with Crippen molar-refractivity contribution >= 4 is 44.6 Å². The van der Waals surface area contributed by atoms with Gasteiger partial charge in [-0.2, -0.15) is 0 Å². The molecular weight excluding hydrogens is 997 g/mol. The second-order valence-electron chi connectivity index (χ2n) is 22.7. The summed E-state index contributed by atoms with van der Waals surface area (Å²) in [6.07, 6.45) is 1.94. The van der Waals surface area contributed by atoms with Crippen LogP contribution in [0.25, 0.3) is 72.1 Å². The molecular formula is C77H58N4O. The summed E-state index contributed by atoms with van der Waals surface area (Å²) >= 11 is 0. The van der Waals surface area contributed by atoms with Crippen LogP contribution in [0.4, 0.5) is 22.7 Å². The van der Waals surface area contributed by atoms with Gasteiger partial charge in [-0.3, -0.25) is 4.57 Å². The van der Waals surface area contributed by atoms with Crippen molar-refractivity contribution < 1.29 is 4.74 Å². The largest absolute Gasteiger partial charge is 0.457 e. The number of rotatable bonds is 10. The lowest BCUT2D eigenvalue weighted by atomic mass is 9.66. The Kier molecular flexibility index (Phi) is 11.6. The van der Waals surface area contributed by atoms with Gasteiger partial charge in [0.1, 0.15) is 24.0 Å². The fraction of sp³-hybridized carbons (Fsp3) is 0.0779. The molecule has 0 saturated heterocycles. The number of fused-ring (bicyclic) bond motifs is 7. The molecule has 13 aromatic rings. The van der Waals surface area contributed by atoms with E-state index in [4.69, 9.17) is 9.72 Å². The smallest absolute Gasteiger partial charge is 0.137 e. The van der Waals surface area contributed by atoms with Crippen LogP contribution in [-0.2, 0) is 10.8 Å². The lowest BCUT2D eigenvalue weighted by Gasteiger charge is -2.36. The van der Waals surface area contributed by atoms with E-state index in [9.17, 15) is 0 Å². The Hall–Kier alpha value is -10.2. The van der Waals surface area contributed by atoms with E-state index >= 15 is 0 Å². The van der Waals surface area contributed by atoms with Gasteiger partial charge in [-0.25, -0.2) is 4.98 Å². The highest BCUT2D eigenvalue weighted by molar-refractivity contribution is 6.14. The van der Waals surface area contributed by atoms with E-state index in [1.807, 2.05) is 6.20 Å². The van der Waals surface area contributed by atoms with E-state index in [1.165, 1.54) is 38.9 Å². The average molecular weight is 1060 g/mol. The van der Waals surface area contributed by atoms with Crippen LogP contribution in [-0.4, -0.2) is 16.2 Å². The van der Waals surface area contributed by atoms with Crippen LogP contribution in [0.2, 0.25) is 0 Å². The molecule has 0 unspecified atom stereocenters. The molecule has 0 bridgehead atoms. The first-order chi connectivity index (χ1) is 40.3. The molecule has 82 heavy (non-hydrogen) atoms. The summed E-state index contributed by atoms with van der Waals surface area (Å²) in [6, 6.07) is 102. The van der Waals surface area contributed by atoms with E-state index in [0.29, 0.717) is 6.67 Å². The zero-order valence-electron chi connectivity index (χ0n) is 46.0. The molecule has 0 amide bonds. The fourth-order valence-corrected chi connectivity index (χ4v) is 13.2. The minimum absolute atomic E-state index is 0.0636. The molecule has 0 N–H and O–H groups in total. The maximum Gasteiger partial charge on any atom is 0.137 e. The molecule has 0 fully saturated rings. The van der Waals surface area contributed by atoms with E-state index in [0.717, 1.165) is 95.3 Å². The molecule has 392 valence electrons. The second kappa shape index (κ2) is 19.5. The molecule has 2 aromatic heterocycles. The first kappa shape index (κ1) is 48.9. The molecule has 3 heterocycles. The summed E-state index contributed by atoms with van der Waals surface area (Å²) in [5.74, 6) is 2.36. The summed E-state index contributed by atoms with van der Waals surface area (Å²) in [5.41, 5.74) is 21.6. The van der Waals surface area contributed by atoms with E-state index in [1.54, 1.807) is 0 Å². The number of aromatic nitrogens is 2. The van der Waals surface area contributed by atoms with Gasteiger partial charge in [-0.15, -0.1) is 0 Å². The Morgan fingerprint density at radius 2 is 0.951 bits per heavy atom. The van der Waals surface area contributed by atoms with Crippen LogP contribution in [0.5, 0.6) is 11.5 Å². The van der Waals surface area contributed by atoms with Crippen LogP contribution in [0, 0.1) is 0 Å². The predicted molar refractivity (Wildman–Crippen MR) is 339 cm³/mol. The lowest BCUT2D eigenvalue weighted by molar-refractivity contribution is 0.483. The Morgan fingerprint density at radius 1 is 0.415 bits per heavy atom. The SMILES string of the molecule is CC(C)(C)c1ccnc(-n2c3cc(Oc4cccc(N5CN(c6c(-c7ccccc7)cc(C7(c8ccccc8)c8ccccc8-c8ccccc87)cc6-c6ccccc6)c6ccccc65)c4)ccc3c3cccc(-c4ccccc4)c32)c1. The number of ether oxygens (including phenoxy) is 1. The van der Waals surface area contributed by atoms with Crippen LogP contribution >= 0.6 is 0 Å². The highest BCUT2D eigenvalue weighted by Crippen LogP contribution is 2.59. The Balaban J connectivity index is 0.869. The first-order valence-corrected chi connectivity index (χ1v) is 28.4.